The molecule has 0 radical (unpaired) electrons. The molecule has 23 heavy (non-hydrogen) atoms. The van der Waals surface area contributed by atoms with Gasteiger partial charge in [0.2, 0.25) is 0 Å². The van der Waals surface area contributed by atoms with Gasteiger partial charge in [-0.2, -0.15) is 0 Å². The number of nitrogens with zero attached hydrogens (tertiary/aromatic N) is 1. The van der Waals surface area contributed by atoms with Crippen LogP contribution in [0.3, 0.4) is 0 Å². The highest BCUT2D eigenvalue weighted by Gasteiger charge is 2.49. The number of hydrogen-bond acceptors (Lipinski definition) is 5. The summed E-state index contributed by atoms with van der Waals surface area (Å²) >= 11 is 6.03. The molecule has 1 aromatic rings. The fourth-order valence-corrected chi connectivity index (χ4v) is 3.10. The van der Waals surface area contributed by atoms with Crippen LogP contribution < -0.4 is 5.32 Å². The molecule has 3 rings (SSSR count). The summed E-state index contributed by atoms with van der Waals surface area (Å²) in [6.07, 6.45) is 1.20. The monoisotopic (exact) mass is 336 g/mol. The van der Waals surface area contributed by atoms with E-state index in [0.29, 0.717) is 24.4 Å². The molecule has 1 N–H and O–H groups in total. The molecule has 0 aromatic heterocycles. The van der Waals surface area contributed by atoms with Crippen molar-refractivity contribution in [1.82, 2.24) is 5.32 Å². The molecule has 124 valence electrons. The number of ether oxygens (including phenoxy) is 1. The highest BCUT2D eigenvalue weighted by molar-refractivity contribution is 6.31. The predicted molar refractivity (Wildman–Crippen MR) is 88.7 cm³/mol. The molecule has 1 spiro atoms. The predicted octanol–water partition coefficient (Wildman–Crippen LogP) is 2.91. The number of oxime groups is 1. The standard InChI is InChI=1S/C17H21ClN2O3/c1-16(2,3)22-15(21)14-9-17(10-19-14)8-13(20-23-17)11-5-4-6-12(18)7-11/h4-7,14,19H,8-10H2,1-3H3. The molecule has 2 aliphatic rings. The molecule has 1 saturated heterocycles. The fourth-order valence-electron chi connectivity index (χ4n) is 2.91. The van der Waals surface area contributed by atoms with Crippen molar-refractivity contribution in [2.75, 3.05) is 6.54 Å². The first-order valence-electron chi connectivity index (χ1n) is 7.74. The Bertz CT molecular complexity index is 653. The lowest BCUT2D eigenvalue weighted by Crippen LogP contribution is -2.37. The average Bonchev–Trinajstić information content (AvgIpc) is 3.05. The molecule has 2 aliphatic heterocycles. The van der Waals surface area contributed by atoms with E-state index in [1.54, 1.807) is 0 Å². The van der Waals surface area contributed by atoms with Crippen molar-refractivity contribution < 1.29 is 14.4 Å². The summed E-state index contributed by atoms with van der Waals surface area (Å²) in [5.41, 5.74) is 0.849. The molecule has 2 heterocycles. The maximum atomic E-state index is 12.2. The summed E-state index contributed by atoms with van der Waals surface area (Å²) in [5, 5.41) is 8.08. The van der Waals surface area contributed by atoms with Crippen molar-refractivity contribution >= 4 is 23.3 Å². The van der Waals surface area contributed by atoms with E-state index in [1.807, 2.05) is 45.0 Å². The number of benzene rings is 1. The van der Waals surface area contributed by atoms with Gasteiger partial charge in [0, 0.05) is 30.0 Å². The third kappa shape index (κ3) is 3.67. The van der Waals surface area contributed by atoms with E-state index in [0.717, 1.165) is 11.3 Å². The van der Waals surface area contributed by atoms with Gasteiger partial charge in [0.05, 0.1) is 5.71 Å². The Labute approximate surface area is 141 Å². The largest absolute Gasteiger partial charge is 0.459 e. The molecule has 6 heteroatoms. The van der Waals surface area contributed by atoms with Gasteiger partial charge in [0.1, 0.15) is 11.6 Å². The minimum atomic E-state index is -0.493. The van der Waals surface area contributed by atoms with E-state index < -0.39 is 11.2 Å². The van der Waals surface area contributed by atoms with Crippen LogP contribution in [0.15, 0.2) is 29.4 Å². The second-order valence-corrected chi connectivity index (χ2v) is 7.61. The highest BCUT2D eigenvalue weighted by atomic mass is 35.5. The van der Waals surface area contributed by atoms with Crippen molar-refractivity contribution in [3.05, 3.63) is 34.9 Å². The van der Waals surface area contributed by atoms with Gasteiger partial charge >= 0.3 is 5.97 Å². The Kier molecular flexibility index (Phi) is 4.10. The molecular weight excluding hydrogens is 316 g/mol. The zero-order valence-electron chi connectivity index (χ0n) is 13.6. The van der Waals surface area contributed by atoms with Crippen molar-refractivity contribution in [3.8, 4) is 0 Å². The van der Waals surface area contributed by atoms with Crippen molar-refractivity contribution in [2.24, 2.45) is 5.16 Å². The Balaban J connectivity index is 1.65. The zero-order chi connectivity index (χ0) is 16.7. The maximum Gasteiger partial charge on any atom is 0.323 e. The Morgan fingerprint density at radius 3 is 2.96 bits per heavy atom. The van der Waals surface area contributed by atoms with Crippen LogP contribution in [0, 0.1) is 0 Å². The lowest BCUT2D eigenvalue weighted by Gasteiger charge is -2.23. The average molecular weight is 337 g/mol. The third-order valence-electron chi connectivity index (χ3n) is 3.94. The van der Waals surface area contributed by atoms with Crippen LogP contribution in [-0.2, 0) is 14.4 Å². The number of rotatable bonds is 2. The quantitative estimate of drug-likeness (QED) is 0.844. The SMILES string of the molecule is CC(C)(C)OC(=O)C1CC2(CN1)CC(c1cccc(Cl)c1)=NO2. The zero-order valence-corrected chi connectivity index (χ0v) is 14.3. The first-order valence-corrected chi connectivity index (χ1v) is 8.11. The lowest BCUT2D eigenvalue weighted by molar-refractivity contribution is -0.157. The van der Waals surface area contributed by atoms with E-state index in [2.05, 4.69) is 10.5 Å². The van der Waals surface area contributed by atoms with E-state index in [-0.39, 0.29) is 12.0 Å². The first-order chi connectivity index (χ1) is 10.8. The molecule has 2 atom stereocenters. The van der Waals surface area contributed by atoms with Crippen LogP contribution in [0.5, 0.6) is 0 Å². The maximum absolute atomic E-state index is 12.2. The lowest BCUT2D eigenvalue weighted by atomic mass is 9.92. The number of hydrogen-bond donors (Lipinski definition) is 1. The number of nitrogens with one attached hydrogen (secondary N) is 1. The fraction of sp³-hybridized carbons (Fsp3) is 0.529. The highest BCUT2D eigenvalue weighted by Crippen LogP contribution is 2.35. The molecule has 0 saturated carbocycles. The van der Waals surface area contributed by atoms with E-state index in [1.165, 1.54) is 0 Å². The number of carbonyl (C=O) groups excluding carboxylic acids is 1. The first kappa shape index (κ1) is 16.3. The number of halogens is 1. The van der Waals surface area contributed by atoms with Gasteiger partial charge in [-0.15, -0.1) is 0 Å². The molecule has 0 amide bonds. The number of carbonyl (C=O) groups is 1. The second kappa shape index (κ2) is 5.80. The summed E-state index contributed by atoms with van der Waals surface area (Å²) in [6, 6.07) is 7.19. The van der Waals surface area contributed by atoms with Gasteiger partial charge in [-0.25, -0.2) is 0 Å². The van der Waals surface area contributed by atoms with Gasteiger partial charge < -0.3 is 14.9 Å². The van der Waals surface area contributed by atoms with Gasteiger partial charge in [-0.05, 0) is 32.9 Å². The molecule has 2 unspecified atom stereocenters. The van der Waals surface area contributed by atoms with Crippen LogP contribution >= 0.6 is 11.6 Å². The number of esters is 1. The van der Waals surface area contributed by atoms with Crippen LogP contribution in [0.1, 0.15) is 39.2 Å². The van der Waals surface area contributed by atoms with Crippen LogP contribution in [-0.4, -0.2) is 35.5 Å². The molecule has 0 bridgehead atoms. The summed E-state index contributed by atoms with van der Waals surface area (Å²) in [5.74, 6) is -0.241. The van der Waals surface area contributed by atoms with Gasteiger partial charge in [-0.1, -0.05) is 28.9 Å². The molecule has 1 aromatic carbocycles. The molecule has 5 nitrogen and oxygen atoms in total. The third-order valence-corrected chi connectivity index (χ3v) is 4.17. The molecule has 0 aliphatic carbocycles. The van der Waals surface area contributed by atoms with Gasteiger partial charge in [0.15, 0.2) is 5.60 Å². The Morgan fingerprint density at radius 1 is 1.48 bits per heavy atom. The van der Waals surface area contributed by atoms with Crippen molar-refractivity contribution in [2.45, 2.75) is 50.9 Å². The summed E-state index contributed by atoms with van der Waals surface area (Å²) < 4.78 is 5.44. The summed E-state index contributed by atoms with van der Waals surface area (Å²) in [7, 11) is 0. The van der Waals surface area contributed by atoms with E-state index in [4.69, 9.17) is 21.2 Å². The van der Waals surface area contributed by atoms with E-state index in [9.17, 15) is 4.79 Å². The minimum absolute atomic E-state index is 0.241. The molecular formula is C17H21ClN2O3. The minimum Gasteiger partial charge on any atom is -0.459 e. The molecule has 1 fully saturated rings. The smallest absolute Gasteiger partial charge is 0.323 e. The summed E-state index contributed by atoms with van der Waals surface area (Å²) in [6.45, 7) is 6.16. The topological polar surface area (TPSA) is 59.9 Å². The van der Waals surface area contributed by atoms with Crippen LogP contribution in [0.2, 0.25) is 5.02 Å². The van der Waals surface area contributed by atoms with E-state index >= 15 is 0 Å². The van der Waals surface area contributed by atoms with Crippen LogP contribution in [0.4, 0.5) is 0 Å². The van der Waals surface area contributed by atoms with Crippen molar-refractivity contribution in [1.29, 1.82) is 0 Å². The van der Waals surface area contributed by atoms with Gasteiger partial charge in [-0.3, -0.25) is 4.79 Å². The van der Waals surface area contributed by atoms with Crippen molar-refractivity contribution in [3.63, 3.8) is 0 Å². The Morgan fingerprint density at radius 2 is 2.26 bits per heavy atom. The summed E-state index contributed by atoms with van der Waals surface area (Å²) in [4.78, 5) is 17.9. The van der Waals surface area contributed by atoms with Gasteiger partial charge in [0.25, 0.3) is 0 Å². The van der Waals surface area contributed by atoms with Crippen LogP contribution in [0.25, 0.3) is 0 Å². The Hall–Kier alpha value is -1.59. The normalized spacial score (nSPS) is 27.0. The second-order valence-electron chi connectivity index (χ2n) is 7.17.